The van der Waals surface area contributed by atoms with Crippen LogP contribution in [0, 0.1) is 0 Å². The Morgan fingerprint density at radius 3 is 2.93 bits per heavy atom. The Kier molecular flexibility index (Phi) is 2.54. The molecular formula is C10H9BrN2O. The third-order valence-corrected chi connectivity index (χ3v) is 2.41. The van der Waals surface area contributed by atoms with Gasteiger partial charge in [0.25, 0.3) is 0 Å². The molecule has 1 aromatic heterocycles. The number of methoxy groups -OCH3 is 1. The van der Waals surface area contributed by atoms with Gasteiger partial charge in [0.15, 0.2) is 0 Å². The molecule has 0 amide bonds. The van der Waals surface area contributed by atoms with Crippen molar-refractivity contribution >= 4 is 15.9 Å². The first-order valence-electron chi connectivity index (χ1n) is 4.14. The summed E-state index contributed by atoms with van der Waals surface area (Å²) in [5.74, 6) is 1.62. The minimum Gasteiger partial charge on any atom is -0.496 e. The topological polar surface area (TPSA) is 37.9 Å². The molecule has 4 heteroatoms. The van der Waals surface area contributed by atoms with Crippen molar-refractivity contribution in [3.63, 3.8) is 0 Å². The van der Waals surface area contributed by atoms with Crippen molar-refractivity contribution in [1.82, 2.24) is 9.97 Å². The van der Waals surface area contributed by atoms with E-state index in [9.17, 15) is 0 Å². The van der Waals surface area contributed by atoms with Crippen LogP contribution in [0.5, 0.6) is 5.75 Å². The summed E-state index contributed by atoms with van der Waals surface area (Å²) in [6.07, 6.45) is 3.51. The SMILES string of the molecule is COc1ccc(Br)cc1-c1ncc[nH]1. The van der Waals surface area contributed by atoms with Gasteiger partial charge >= 0.3 is 0 Å². The van der Waals surface area contributed by atoms with Gasteiger partial charge in [-0.05, 0) is 18.2 Å². The second kappa shape index (κ2) is 3.84. The first-order chi connectivity index (χ1) is 6.81. The number of hydrogen-bond donors (Lipinski definition) is 1. The van der Waals surface area contributed by atoms with E-state index in [2.05, 4.69) is 25.9 Å². The number of nitrogens with zero attached hydrogens (tertiary/aromatic N) is 1. The maximum atomic E-state index is 5.24. The van der Waals surface area contributed by atoms with Crippen LogP contribution in [0.4, 0.5) is 0 Å². The third kappa shape index (κ3) is 1.65. The van der Waals surface area contributed by atoms with Crippen LogP contribution in [0.3, 0.4) is 0 Å². The Morgan fingerprint density at radius 2 is 2.29 bits per heavy atom. The molecule has 0 atom stereocenters. The molecule has 1 aromatic carbocycles. The summed E-state index contributed by atoms with van der Waals surface area (Å²) in [7, 11) is 1.65. The van der Waals surface area contributed by atoms with E-state index in [1.54, 1.807) is 19.5 Å². The number of hydrogen-bond acceptors (Lipinski definition) is 2. The van der Waals surface area contributed by atoms with Crippen molar-refractivity contribution in [3.05, 3.63) is 35.1 Å². The molecule has 0 aliphatic carbocycles. The van der Waals surface area contributed by atoms with E-state index in [0.717, 1.165) is 21.6 Å². The van der Waals surface area contributed by atoms with Crippen LogP contribution in [-0.2, 0) is 0 Å². The predicted molar refractivity (Wildman–Crippen MR) is 58.3 cm³/mol. The quantitative estimate of drug-likeness (QED) is 0.893. The Labute approximate surface area is 90.3 Å². The molecule has 14 heavy (non-hydrogen) atoms. The van der Waals surface area contributed by atoms with E-state index in [1.165, 1.54) is 0 Å². The van der Waals surface area contributed by atoms with Gasteiger partial charge in [0.1, 0.15) is 11.6 Å². The predicted octanol–water partition coefficient (Wildman–Crippen LogP) is 2.85. The summed E-state index contributed by atoms with van der Waals surface area (Å²) in [6.45, 7) is 0. The van der Waals surface area contributed by atoms with Gasteiger partial charge in [-0.15, -0.1) is 0 Å². The molecule has 0 aliphatic heterocycles. The molecule has 1 heterocycles. The highest BCUT2D eigenvalue weighted by molar-refractivity contribution is 9.10. The van der Waals surface area contributed by atoms with E-state index in [4.69, 9.17) is 4.74 Å². The van der Waals surface area contributed by atoms with Gasteiger partial charge in [0.2, 0.25) is 0 Å². The molecule has 0 fully saturated rings. The summed E-state index contributed by atoms with van der Waals surface area (Å²) in [5, 5.41) is 0. The fourth-order valence-electron chi connectivity index (χ4n) is 1.28. The Hall–Kier alpha value is -1.29. The monoisotopic (exact) mass is 252 g/mol. The lowest BCUT2D eigenvalue weighted by Crippen LogP contribution is -1.89. The molecule has 2 rings (SSSR count). The highest BCUT2D eigenvalue weighted by Crippen LogP contribution is 2.29. The lowest BCUT2D eigenvalue weighted by Gasteiger charge is -2.06. The fourth-order valence-corrected chi connectivity index (χ4v) is 1.64. The number of rotatable bonds is 2. The standard InChI is InChI=1S/C10H9BrN2O/c1-14-9-3-2-7(11)6-8(9)10-12-4-5-13-10/h2-6H,1H3,(H,12,13). The van der Waals surface area contributed by atoms with Gasteiger partial charge in [0.05, 0.1) is 12.7 Å². The van der Waals surface area contributed by atoms with E-state index < -0.39 is 0 Å². The van der Waals surface area contributed by atoms with Crippen LogP contribution >= 0.6 is 15.9 Å². The fraction of sp³-hybridized carbons (Fsp3) is 0.100. The Morgan fingerprint density at radius 1 is 1.43 bits per heavy atom. The zero-order valence-electron chi connectivity index (χ0n) is 7.62. The second-order valence-corrected chi connectivity index (χ2v) is 3.70. The Bertz CT molecular complexity index is 426. The lowest BCUT2D eigenvalue weighted by atomic mass is 10.2. The van der Waals surface area contributed by atoms with Crippen molar-refractivity contribution < 1.29 is 4.74 Å². The first kappa shape index (κ1) is 9.27. The molecule has 3 nitrogen and oxygen atoms in total. The zero-order chi connectivity index (χ0) is 9.97. The van der Waals surface area contributed by atoms with E-state index in [-0.39, 0.29) is 0 Å². The number of aromatic nitrogens is 2. The zero-order valence-corrected chi connectivity index (χ0v) is 9.21. The van der Waals surface area contributed by atoms with Crippen molar-refractivity contribution in [2.45, 2.75) is 0 Å². The van der Waals surface area contributed by atoms with E-state index in [0.29, 0.717) is 0 Å². The lowest BCUT2D eigenvalue weighted by molar-refractivity contribution is 0.416. The van der Waals surface area contributed by atoms with E-state index >= 15 is 0 Å². The smallest absolute Gasteiger partial charge is 0.141 e. The number of nitrogens with one attached hydrogen (secondary N) is 1. The normalized spacial score (nSPS) is 10.1. The second-order valence-electron chi connectivity index (χ2n) is 2.78. The molecule has 1 N–H and O–H groups in total. The van der Waals surface area contributed by atoms with Crippen molar-refractivity contribution in [1.29, 1.82) is 0 Å². The molecule has 72 valence electrons. The highest BCUT2D eigenvalue weighted by Gasteiger charge is 2.07. The van der Waals surface area contributed by atoms with Gasteiger partial charge in [0, 0.05) is 16.9 Å². The first-order valence-corrected chi connectivity index (χ1v) is 4.94. The maximum Gasteiger partial charge on any atom is 0.141 e. The van der Waals surface area contributed by atoms with E-state index in [1.807, 2.05) is 18.2 Å². The maximum absolute atomic E-state index is 5.24. The van der Waals surface area contributed by atoms with Gasteiger partial charge in [-0.3, -0.25) is 0 Å². The van der Waals surface area contributed by atoms with Crippen molar-refractivity contribution in [2.75, 3.05) is 7.11 Å². The number of aromatic amines is 1. The molecule has 0 bridgehead atoms. The number of halogens is 1. The summed E-state index contributed by atoms with van der Waals surface area (Å²) in [6, 6.07) is 5.81. The van der Waals surface area contributed by atoms with Crippen LogP contribution in [0.2, 0.25) is 0 Å². The number of imidazole rings is 1. The number of H-pyrrole nitrogens is 1. The van der Waals surface area contributed by atoms with Gasteiger partial charge in [-0.25, -0.2) is 4.98 Å². The van der Waals surface area contributed by atoms with Gasteiger partial charge in [-0.1, -0.05) is 15.9 Å². The summed E-state index contributed by atoms with van der Waals surface area (Å²) < 4.78 is 6.25. The number of ether oxygens (including phenoxy) is 1. The molecule has 0 aliphatic rings. The average molecular weight is 253 g/mol. The Balaban J connectivity index is 2.55. The summed E-state index contributed by atoms with van der Waals surface area (Å²) in [4.78, 5) is 7.22. The molecule has 0 saturated heterocycles. The van der Waals surface area contributed by atoms with Gasteiger partial charge in [-0.2, -0.15) is 0 Å². The highest BCUT2D eigenvalue weighted by atomic mass is 79.9. The van der Waals surface area contributed by atoms with Crippen LogP contribution < -0.4 is 4.74 Å². The van der Waals surface area contributed by atoms with Crippen LogP contribution in [0.15, 0.2) is 35.1 Å². The van der Waals surface area contributed by atoms with Crippen LogP contribution in [0.1, 0.15) is 0 Å². The van der Waals surface area contributed by atoms with Crippen molar-refractivity contribution in [3.8, 4) is 17.1 Å². The minimum atomic E-state index is 0.808. The minimum absolute atomic E-state index is 0.808. The molecule has 0 unspecified atom stereocenters. The van der Waals surface area contributed by atoms with Gasteiger partial charge < -0.3 is 9.72 Å². The summed E-state index contributed by atoms with van der Waals surface area (Å²) >= 11 is 3.41. The third-order valence-electron chi connectivity index (χ3n) is 1.91. The van der Waals surface area contributed by atoms with Crippen LogP contribution in [0.25, 0.3) is 11.4 Å². The molecular weight excluding hydrogens is 244 g/mol. The molecule has 0 spiro atoms. The number of benzene rings is 1. The van der Waals surface area contributed by atoms with Crippen molar-refractivity contribution in [2.24, 2.45) is 0 Å². The largest absolute Gasteiger partial charge is 0.496 e. The molecule has 2 aromatic rings. The molecule has 0 saturated carbocycles. The van der Waals surface area contributed by atoms with Crippen LogP contribution in [-0.4, -0.2) is 17.1 Å². The molecule has 0 radical (unpaired) electrons. The summed E-state index contributed by atoms with van der Waals surface area (Å²) in [5.41, 5.74) is 0.951. The average Bonchev–Trinajstić information content (AvgIpc) is 2.70.